The Morgan fingerprint density at radius 3 is 1.55 bits per heavy atom. The predicted molar refractivity (Wildman–Crippen MR) is 277 cm³/mol. The first-order valence-electron chi connectivity index (χ1n) is 26.6. The van der Waals surface area contributed by atoms with Gasteiger partial charge in [-0.15, -0.1) is 0 Å². The molecular weight excluding hydrogens is 841 g/mol. The largest absolute Gasteiger partial charge is 0.480 e. The van der Waals surface area contributed by atoms with Gasteiger partial charge in [0.1, 0.15) is 12.1 Å². The Kier molecular flexibility index (Phi) is 40.0. The molecule has 12 heteroatoms. The van der Waals surface area contributed by atoms with Crippen molar-refractivity contribution in [1.29, 1.82) is 0 Å². The van der Waals surface area contributed by atoms with Crippen LogP contribution in [-0.4, -0.2) is 78.7 Å². The van der Waals surface area contributed by atoms with E-state index in [1.165, 1.54) is 89.9 Å². The van der Waals surface area contributed by atoms with Gasteiger partial charge in [-0.3, -0.25) is 29.0 Å². The van der Waals surface area contributed by atoms with Crippen LogP contribution < -0.4 is 27.0 Å². The first-order valence-corrected chi connectivity index (χ1v) is 26.6. The highest BCUT2D eigenvalue weighted by Gasteiger charge is 2.21. The van der Waals surface area contributed by atoms with Crippen molar-refractivity contribution in [3.63, 3.8) is 0 Å². The Morgan fingerprint density at radius 1 is 0.582 bits per heavy atom. The summed E-state index contributed by atoms with van der Waals surface area (Å²) in [6, 6.07) is 7.08. The van der Waals surface area contributed by atoms with Crippen molar-refractivity contribution in [2.75, 3.05) is 19.6 Å². The molecule has 0 heterocycles. The molecule has 0 spiro atoms. The van der Waals surface area contributed by atoms with Crippen molar-refractivity contribution in [2.24, 2.45) is 10.7 Å². The zero-order valence-corrected chi connectivity index (χ0v) is 42.1. The summed E-state index contributed by atoms with van der Waals surface area (Å²) in [4.78, 5) is 67.6. The summed E-state index contributed by atoms with van der Waals surface area (Å²) in [6.07, 6.45) is 42.6. The Balaban J connectivity index is 2.59. The van der Waals surface area contributed by atoms with Crippen LogP contribution in [-0.2, 0) is 30.4 Å². The number of nitrogens with zero attached hydrogens (tertiary/aromatic N) is 1. The fourth-order valence-electron chi connectivity index (χ4n) is 7.76. The van der Waals surface area contributed by atoms with Gasteiger partial charge in [-0.05, 0) is 82.6 Å². The van der Waals surface area contributed by atoms with Gasteiger partial charge < -0.3 is 32.1 Å². The summed E-state index contributed by atoms with van der Waals surface area (Å²) in [5, 5.41) is 20.6. The van der Waals surface area contributed by atoms with Gasteiger partial charge in [0.15, 0.2) is 0 Å². The molecule has 7 N–H and O–H groups in total. The van der Waals surface area contributed by atoms with Crippen LogP contribution >= 0.6 is 0 Å². The van der Waals surface area contributed by atoms with Crippen molar-refractivity contribution in [3.8, 4) is 0 Å². The summed E-state index contributed by atoms with van der Waals surface area (Å²) >= 11 is 0. The normalized spacial score (nSPS) is 12.9. The lowest BCUT2D eigenvalue weighted by Gasteiger charge is -2.19. The molecular formula is C55H94N6O6. The number of aliphatic carboxylic acids is 1. The molecule has 1 aromatic rings. The molecule has 3 atom stereocenters. The molecule has 0 aliphatic carbocycles. The van der Waals surface area contributed by atoms with E-state index in [2.05, 4.69) is 64.4 Å². The monoisotopic (exact) mass is 935 g/mol. The molecule has 3 unspecified atom stereocenters. The lowest BCUT2D eigenvalue weighted by atomic mass is 10.1. The summed E-state index contributed by atoms with van der Waals surface area (Å²) in [5.41, 5.74) is 6.57. The van der Waals surface area contributed by atoms with Crippen LogP contribution in [0.25, 0.3) is 0 Å². The Labute approximate surface area is 406 Å². The van der Waals surface area contributed by atoms with Crippen LogP contribution in [0.5, 0.6) is 0 Å². The first-order chi connectivity index (χ1) is 32.7. The van der Waals surface area contributed by atoms with Crippen molar-refractivity contribution < 1.29 is 29.1 Å². The van der Waals surface area contributed by atoms with Crippen LogP contribution in [0.15, 0.2) is 59.6 Å². The molecule has 0 saturated carbocycles. The van der Waals surface area contributed by atoms with E-state index in [1.54, 1.807) is 6.21 Å². The van der Waals surface area contributed by atoms with E-state index in [0.29, 0.717) is 19.3 Å². The third-order valence-electron chi connectivity index (χ3n) is 12.0. The number of allylic oxidation sites excluding steroid dienone is 4. The zero-order chi connectivity index (χ0) is 48.8. The van der Waals surface area contributed by atoms with Crippen LogP contribution in [0.2, 0.25) is 0 Å². The summed E-state index contributed by atoms with van der Waals surface area (Å²) in [7, 11) is 0. The summed E-state index contributed by atoms with van der Waals surface area (Å²) in [6.45, 7) is 4.89. The zero-order valence-electron chi connectivity index (χ0n) is 42.1. The van der Waals surface area contributed by atoms with E-state index in [9.17, 15) is 24.0 Å². The summed E-state index contributed by atoms with van der Waals surface area (Å²) < 4.78 is 0. The van der Waals surface area contributed by atoms with E-state index >= 15 is 0 Å². The summed E-state index contributed by atoms with van der Waals surface area (Å²) in [5.74, 6) is -2.25. The number of carbonyl (C=O) groups excluding carboxylic acids is 4. The van der Waals surface area contributed by atoms with Crippen LogP contribution in [0.4, 0.5) is 0 Å². The molecule has 0 radical (unpaired) electrons. The van der Waals surface area contributed by atoms with Gasteiger partial charge in [0.2, 0.25) is 23.6 Å². The van der Waals surface area contributed by atoms with E-state index in [1.807, 2.05) is 30.3 Å². The topological polar surface area (TPSA) is 192 Å². The third-order valence-corrected chi connectivity index (χ3v) is 12.0. The standard InChI is InChI=1S/C55H94N6O6/c1-3-5-7-9-11-13-15-17-19-21-23-25-27-29-34-38-51(62)59-46-50(61-52(63)39-35-30-28-26-24-22-20-18-16-14-12-10-8-6-4-2)54(65)58-43-42-57-45-48(44-47-36-32-31-33-37-47)60-53(64)41-40-49(56)55(66)67/h17-20,31-33,36-37,45,48-50H,3-16,21-30,34-35,38-44,46,56H2,1-2H3,(H,58,65)(H,59,62)(H,60,64)(H,61,63)(H,66,67)/b19-17+,20-18+,57-45?. The van der Waals surface area contributed by atoms with Gasteiger partial charge in [0, 0.05) is 38.6 Å². The fraction of sp³-hybridized carbons (Fsp3) is 0.709. The van der Waals surface area contributed by atoms with Gasteiger partial charge in [-0.25, -0.2) is 0 Å². The number of hydrogen-bond donors (Lipinski definition) is 6. The highest BCUT2D eigenvalue weighted by atomic mass is 16.4. The number of carbonyl (C=O) groups is 5. The minimum Gasteiger partial charge on any atom is -0.480 e. The van der Waals surface area contributed by atoms with Gasteiger partial charge in [-0.1, -0.05) is 171 Å². The smallest absolute Gasteiger partial charge is 0.320 e. The number of carboxylic acids is 1. The van der Waals surface area contributed by atoms with E-state index in [4.69, 9.17) is 10.8 Å². The SMILES string of the molecule is CCCCCCCC/C=C/CCCCCCCC(=O)NCC(NC(=O)CCCCCCC/C=C/CCCCCCCC)C(=O)NCCN=CC(Cc1ccccc1)NC(=O)CCC(N)C(=O)O. The average Bonchev–Trinajstić information content (AvgIpc) is 3.32. The number of aliphatic imine (C=N–C) groups is 1. The second-order valence-electron chi connectivity index (χ2n) is 18.3. The lowest BCUT2D eigenvalue weighted by molar-refractivity contribution is -0.138. The molecule has 0 fully saturated rings. The van der Waals surface area contributed by atoms with E-state index in [-0.39, 0.29) is 50.2 Å². The minimum atomic E-state index is -1.16. The van der Waals surface area contributed by atoms with Crippen molar-refractivity contribution in [3.05, 3.63) is 60.2 Å². The number of nitrogens with one attached hydrogen (secondary N) is 4. The number of hydrogen-bond acceptors (Lipinski definition) is 7. The molecule has 1 aromatic carbocycles. The molecule has 0 aromatic heterocycles. The molecule has 67 heavy (non-hydrogen) atoms. The highest BCUT2D eigenvalue weighted by Crippen LogP contribution is 2.12. The molecule has 0 aliphatic rings. The maximum Gasteiger partial charge on any atom is 0.320 e. The van der Waals surface area contributed by atoms with Gasteiger partial charge in [0.05, 0.1) is 12.6 Å². The molecule has 0 aliphatic heterocycles. The Hall–Kier alpha value is -4.32. The van der Waals surface area contributed by atoms with E-state index < -0.39 is 30.0 Å². The number of nitrogens with two attached hydrogens (primary N) is 1. The first kappa shape index (κ1) is 60.7. The Bertz CT molecular complexity index is 1500. The third kappa shape index (κ3) is 38.4. The van der Waals surface area contributed by atoms with Crippen LogP contribution in [0.1, 0.15) is 212 Å². The second-order valence-corrected chi connectivity index (χ2v) is 18.3. The predicted octanol–water partition coefficient (Wildman–Crippen LogP) is 10.8. The number of amides is 4. The quantitative estimate of drug-likeness (QED) is 0.0213. The van der Waals surface area contributed by atoms with Gasteiger partial charge in [0.25, 0.3) is 0 Å². The molecule has 0 bridgehead atoms. The number of benzene rings is 1. The van der Waals surface area contributed by atoms with Crippen molar-refractivity contribution >= 4 is 35.8 Å². The van der Waals surface area contributed by atoms with Crippen LogP contribution in [0.3, 0.4) is 0 Å². The number of carboxylic acid groups (broad SMARTS) is 1. The Morgan fingerprint density at radius 2 is 1.04 bits per heavy atom. The average molecular weight is 935 g/mol. The second kappa shape index (κ2) is 44.2. The highest BCUT2D eigenvalue weighted by molar-refractivity contribution is 5.88. The maximum atomic E-state index is 13.4. The van der Waals surface area contributed by atoms with Crippen molar-refractivity contribution in [2.45, 2.75) is 231 Å². The number of rotatable bonds is 45. The van der Waals surface area contributed by atoms with Crippen molar-refractivity contribution in [1.82, 2.24) is 21.3 Å². The molecule has 4 amide bonds. The number of unbranched alkanes of at least 4 members (excludes halogenated alkanes) is 22. The molecule has 380 valence electrons. The molecule has 12 nitrogen and oxygen atoms in total. The molecule has 0 saturated heterocycles. The minimum absolute atomic E-state index is 0.00611. The molecule has 1 rings (SSSR count). The van der Waals surface area contributed by atoms with E-state index in [0.717, 1.165) is 82.6 Å². The van der Waals surface area contributed by atoms with Crippen LogP contribution in [0, 0.1) is 0 Å². The van der Waals surface area contributed by atoms with Gasteiger partial charge >= 0.3 is 5.97 Å². The lowest BCUT2D eigenvalue weighted by Crippen LogP contribution is -2.53. The maximum absolute atomic E-state index is 13.4. The fourth-order valence-corrected chi connectivity index (χ4v) is 7.76. The van der Waals surface area contributed by atoms with Gasteiger partial charge in [-0.2, -0.15) is 0 Å².